The second-order valence-corrected chi connectivity index (χ2v) is 5.56. The molecule has 2 unspecified atom stereocenters. The van der Waals surface area contributed by atoms with Gasteiger partial charge in [-0.1, -0.05) is 6.42 Å². The maximum atomic E-state index is 11.0. The van der Waals surface area contributed by atoms with Gasteiger partial charge in [0.2, 0.25) is 0 Å². The highest BCUT2D eigenvalue weighted by Gasteiger charge is 2.28. The van der Waals surface area contributed by atoms with E-state index in [1.807, 2.05) is 0 Å². The number of hydrogen-bond donors (Lipinski definition) is 2. The molecule has 0 radical (unpaired) electrons. The highest BCUT2D eigenvalue weighted by atomic mass is 16.4. The van der Waals surface area contributed by atoms with E-state index >= 15 is 0 Å². The zero-order chi connectivity index (χ0) is 13.2. The van der Waals surface area contributed by atoms with E-state index in [0.717, 1.165) is 31.2 Å². The lowest BCUT2D eigenvalue weighted by Gasteiger charge is -2.25. The minimum atomic E-state index is -0.718. The molecule has 3 rings (SSSR count). The number of piperidine rings is 1. The van der Waals surface area contributed by atoms with Gasteiger partial charge in [-0.15, -0.1) is 10.2 Å². The van der Waals surface area contributed by atoms with Crippen molar-refractivity contribution in [2.24, 2.45) is 5.92 Å². The number of hydrogen-bond acceptors (Lipinski definition) is 4. The molecule has 2 atom stereocenters. The fourth-order valence-corrected chi connectivity index (χ4v) is 3.07. The van der Waals surface area contributed by atoms with Gasteiger partial charge >= 0.3 is 5.97 Å². The van der Waals surface area contributed by atoms with Crippen LogP contribution in [0.1, 0.15) is 37.3 Å². The summed E-state index contributed by atoms with van der Waals surface area (Å²) in [5.41, 5.74) is 0. The zero-order valence-corrected chi connectivity index (χ0v) is 11.0. The van der Waals surface area contributed by atoms with Gasteiger partial charge in [0, 0.05) is 25.4 Å². The third-order valence-corrected chi connectivity index (χ3v) is 4.22. The zero-order valence-electron chi connectivity index (χ0n) is 11.0. The van der Waals surface area contributed by atoms with Crippen LogP contribution in [0.15, 0.2) is 0 Å². The van der Waals surface area contributed by atoms with Crippen LogP contribution in [0, 0.1) is 5.92 Å². The smallest absolute Gasteiger partial charge is 0.307 e. The molecule has 0 aromatic carbocycles. The molecule has 0 spiro atoms. The van der Waals surface area contributed by atoms with Gasteiger partial charge in [-0.05, 0) is 25.8 Å². The van der Waals surface area contributed by atoms with Gasteiger partial charge in [0.25, 0.3) is 0 Å². The molecule has 1 fully saturated rings. The molecule has 1 aromatic heterocycles. The Labute approximate surface area is 112 Å². The monoisotopic (exact) mass is 264 g/mol. The molecule has 3 heterocycles. The van der Waals surface area contributed by atoms with Gasteiger partial charge in [-0.25, -0.2) is 0 Å². The lowest BCUT2D eigenvalue weighted by Crippen LogP contribution is -2.36. The number of aromatic nitrogens is 3. The lowest BCUT2D eigenvalue weighted by atomic mass is 9.97. The highest BCUT2D eigenvalue weighted by molar-refractivity contribution is 5.70. The summed E-state index contributed by atoms with van der Waals surface area (Å²) in [4.78, 5) is 11.0. The average molecular weight is 264 g/mol. The molecule has 2 aliphatic rings. The second kappa shape index (κ2) is 5.28. The van der Waals surface area contributed by atoms with E-state index in [1.165, 1.54) is 19.3 Å². The number of aliphatic carboxylic acids is 1. The van der Waals surface area contributed by atoms with Crippen molar-refractivity contribution < 1.29 is 9.90 Å². The molecule has 1 saturated heterocycles. The first kappa shape index (κ1) is 12.6. The molecule has 0 bridgehead atoms. The van der Waals surface area contributed by atoms with Crippen LogP contribution in [-0.4, -0.2) is 38.4 Å². The summed E-state index contributed by atoms with van der Waals surface area (Å²) >= 11 is 0. The molecule has 0 saturated carbocycles. The van der Waals surface area contributed by atoms with Crippen molar-refractivity contribution in [2.75, 3.05) is 6.54 Å². The van der Waals surface area contributed by atoms with Gasteiger partial charge in [0.15, 0.2) is 0 Å². The summed E-state index contributed by atoms with van der Waals surface area (Å²) in [7, 11) is 0. The van der Waals surface area contributed by atoms with Gasteiger partial charge in [-0.3, -0.25) is 4.79 Å². The van der Waals surface area contributed by atoms with Gasteiger partial charge in [0.1, 0.15) is 11.6 Å². The number of carbonyl (C=O) groups is 1. The molecule has 1 aromatic rings. The normalized spacial score (nSPS) is 26.9. The topological polar surface area (TPSA) is 80.0 Å². The molecule has 6 heteroatoms. The number of rotatable bonds is 3. The quantitative estimate of drug-likeness (QED) is 0.836. The lowest BCUT2D eigenvalue weighted by molar-refractivity contribution is -0.142. The van der Waals surface area contributed by atoms with Gasteiger partial charge < -0.3 is 15.0 Å². The Bertz CT molecular complexity index is 465. The Balaban J connectivity index is 1.70. The van der Waals surface area contributed by atoms with Crippen molar-refractivity contribution in [3.05, 3.63) is 11.6 Å². The maximum absolute atomic E-state index is 11.0. The highest BCUT2D eigenvalue weighted by Crippen LogP contribution is 2.21. The predicted molar refractivity (Wildman–Crippen MR) is 68.8 cm³/mol. The first-order valence-corrected chi connectivity index (χ1v) is 7.11. The van der Waals surface area contributed by atoms with E-state index in [-0.39, 0.29) is 5.92 Å². The maximum Gasteiger partial charge on any atom is 0.307 e. The SMILES string of the molecule is O=C(O)C1CCn2c(CC3CCCCN3)nnc2C1. The molecule has 19 heavy (non-hydrogen) atoms. The van der Waals surface area contributed by atoms with Crippen molar-refractivity contribution in [3.8, 4) is 0 Å². The standard InChI is InChI=1S/C13H20N4O2/c18-13(19)9-4-6-17-11(7-9)15-16-12(17)8-10-3-1-2-5-14-10/h9-10,14H,1-8H2,(H,18,19). The van der Waals surface area contributed by atoms with E-state index < -0.39 is 5.97 Å². The van der Waals surface area contributed by atoms with E-state index in [2.05, 4.69) is 20.1 Å². The Morgan fingerprint density at radius 1 is 1.37 bits per heavy atom. The minimum absolute atomic E-state index is 0.294. The average Bonchev–Trinajstić information content (AvgIpc) is 2.82. The molecule has 104 valence electrons. The number of nitrogens with zero attached hydrogens (tertiary/aromatic N) is 3. The third-order valence-electron chi connectivity index (χ3n) is 4.22. The molecular weight excluding hydrogens is 244 g/mol. The summed E-state index contributed by atoms with van der Waals surface area (Å²) in [6, 6.07) is 0.499. The minimum Gasteiger partial charge on any atom is -0.481 e. The predicted octanol–water partition coefficient (Wildman–Crippen LogP) is 0.610. The summed E-state index contributed by atoms with van der Waals surface area (Å²) < 4.78 is 2.12. The van der Waals surface area contributed by atoms with E-state index in [1.54, 1.807) is 0 Å². The van der Waals surface area contributed by atoms with Crippen LogP contribution >= 0.6 is 0 Å². The molecule has 0 amide bonds. The Kier molecular flexibility index (Phi) is 3.50. The van der Waals surface area contributed by atoms with Crippen LogP contribution in [0.2, 0.25) is 0 Å². The molecule has 0 aliphatic carbocycles. The van der Waals surface area contributed by atoms with Crippen molar-refractivity contribution in [1.82, 2.24) is 20.1 Å². The second-order valence-electron chi connectivity index (χ2n) is 5.56. The molecular formula is C13H20N4O2. The Morgan fingerprint density at radius 2 is 2.26 bits per heavy atom. The van der Waals surface area contributed by atoms with Crippen molar-refractivity contribution in [3.63, 3.8) is 0 Å². The Hall–Kier alpha value is -1.43. The van der Waals surface area contributed by atoms with Gasteiger partial charge in [-0.2, -0.15) is 0 Å². The van der Waals surface area contributed by atoms with Crippen LogP contribution in [0.4, 0.5) is 0 Å². The van der Waals surface area contributed by atoms with Crippen LogP contribution in [-0.2, 0) is 24.2 Å². The first-order chi connectivity index (χ1) is 9.24. The van der Waals surface area contributed by atoms with Crippen LogP contribution < -0.4 is 5.32 Å². The van der Waals surface area contributed by atoms with Crippen molar-refractivity contribution in [2.45, 2.75) is 51.1 Å². The molecule has 2 N–H and O–H groups in total. The largest absolute Gasteiger partial charge is 0.481 e. The molecule has 6 nitrogen and oxygen atoms in total. The number of nitrogens with one attached hydrogen (secondary N) is 1. The van der Waals surface area contributed by atoms with E-state index in [0.29, 0.717) is 18.9 Å². The summed E-state index contributed by atoms with van der Waals surface area (Å²) in [5, 5.41) is 21.0. The third kappa shape index (κ3) is 2.63. The van der Waals surface area contributed by atoms with Crippen molar-refractivity contribution in [1.29, 1.82) is 0 Å². The molecule has 2 aliphatic heterocycles. The number of carboxylic acids is 1. The number of carboxylic acid groups (broad SMARTS) is 1. The fourth-order valence-electron chi connectivity index (χ4n) is 3.07. The fraction of sp³-hybridized carbons (Fsp3) is 0.769. The van der Waals surface area contributed by atoms with Gasteiger partial charge in [0.05, 0.1) is 5.92 Å². The first-order valence-electron chi connectivity index (χ1n) is 7.11. The Morgan fingerprint density at radius 3 is 3.00 bits per heavy atom. The summed E-state index contributed by atoms with van der Waals surface area (Å²) in [6.07, 6.45) is 5.84. The number of fused-ring (bicyclic) bond motifs is 1. The van der Waals surface area contributed by atoms with E-state index in [4.69, 9.17) is 5.11 Å². The summed E-state index contributed by atoms with van der Waals surface area (Å²) in [6.45, 7) is 1.83. The van der Waals surface area contributed by atoms with Crippen LogP contribution in [0.5, 0.6) is 0 Å². The van der Waals surface area contributed by atoms with Crippen LogP contribution in [0.25, 0.3) is 0 Å². The van der Waals surface area contributed by atoms with Crippen molar-refractivity contribution >= 4 is 5.97 Å². The van der Waals surface area contributed by atoms with E-state index in [9.17, 15) is 4.79 Å². The summed E-state index contributed by atoms with van der Waals surface area (Å²) in [5.74, 6) is 0.838. The van der Waals surface area contributed by atoms with Crippen LogP contribution in [0.3, 0.4) is 0 Å².